The van der Waals surface area contributed by atoms with Gasteiger partial charge in [0.15, 0.2) is 4.99 Å². The quantitative estimate of drug-likeness (QED) is 0.704. The maximum absolute atomic E-state index is 10.4. The zero-order valence-electron chi connectivity index (χ0n) is 6.98. The Morgan fingerprint density at radius 1 is 1.77 bits per heavy atom. The van der Waals surface area contributed by atoms with E-state index in [-0.39, 0.29) is 11.0 Å². The molecule has 0 saturated heterocycles. The highest BCUT2D eigenvalue weighted by molar-refractivity contribution is 7.81. The second-order valence-electron chi connectivity index (χ2n) is 2.52. The van der Waals surface area contributed by atoms with Gasteiger partial charge in [-0.3, -0.25) is 0 Å². The van der Waals surface area contributed by atoms with E-state index in [1.165, 1.54) is 6.26 Å². The Balaban J connectivity index is 2.56. The molecule has 0 aliphatic rings. The Labute approximate surface area is 80.5 Å². The van der Waals surface area contributed by atoms with E-state index in [0.29, 0.717) is 5.76 Å². The Hall–Kier alpha value is -1.36. The van der Waals surface area contributed by atoms with Crippen LogP contribution in [0.3, 0.4) is 0 Å². The lowest BCUT2D eigenvalue weighted by Crippen LogP contribution is -2.30. The molecule has 0 aromatic carbocycles. The highest BCUT2D eigenvalue weighted by Gasteiger charge is 2.13. The SMILES string of the molecule is CC(NC(=S)C(=O)O)c1ccco1. The number of hydrogen-bond donors (Lipinski definition) is 2. The third-order valence-electron chi connectivity index (χ3n) is 1.51. The molecule has 0 saturated carbocycles. The minimum absolute atomic E-state index is 0.205. The van der Waals surface area contributed by atoms with E-state index in [2.05, 4.69) is 17.5 Å². The first kappa shape index (κ1) is 9.73. The molecule has 1 aromatic heterocycles. The average Bonchev–Trinajstić information content (AvgIpc) is 2.55. The summed E-state index contributed by atoms with van der Waals surface area (Å²) < 4.78 is 5.06. The number of carboxylic acid groups (broad SMARTS) is 1. The van der Waals surface area contributed by atoms with Crippen molar-refractivity contribution in [3.8, 4) is 0 Å². The first-order valence-corrected chi connectivity index (χ1v) is 4.09. The van der Waals surface area contributed by atoms with Crippen LogP contribution in [-0.4, -0.2) is 16.1 Å². The molecule has 0 fully saturated rings. The first-order chi connectivity index (χ1) is 6.11. The summed E-state index contributed by atoms with van der Waals surface area (Å²) in [6, 6.07) is 3.26. The summed E-state index contributed by atoms with van der Waals surface area (Å²) in [5.41, 5.74) is 0. The van der Waals surface area contributed by atoms with Crippen LogP contribution in [0, 0.1) is 0 Å². The standard InChI is InChI=1S/C8H9NO3S/c1-5(6-3-2-4-12-6)9-7(13)8(10)11/h2-5H,1H3,(H,9,13)(H,10,11). The zero-order chi connectivity index (χ0) is 9.84. The van der Waals surface area contributed by atoms with Crippen LogP contribution in [-0.2, 0) is 4.79 Å². The number of nitrogens with one attached hydrogen (secondary N) is 1. The number of thiocarbonyl (C=S) groups is 1. The fraction of sp³-hybridized carbons (Fsp3) is 0.250. The molecule has 1 heterocycles. The van der Waals surface area contributed by atoms with Crippen LogP contribution in [0.2, 0.25) is 0 Å². The molecule has 70 valence electrons. The molecule has 1 unspecified atom stereocenters. The summed E-state index contributed by atoms with van der Waals surface area (Å²) in [6.07, 6.45) is 1.53. The Morgan fingerprint density at radius 3 is 2.92 bits per heavy atom. The van der Waals surface area contributed by atoms with Gasteiger partial charge in [0.2, 0.25) is 0 Å². The summed E-state index contributed by atoms with van der Waals surface area (Å²) in [5.74, 6) is -0.475. The average molecular weight is 199 g/mol. The molecule has 0 spiro atoms. The zero-order valence-corrected chi connectivity index (χ0v) is 7.80. The second-order valence-corrected chi connectivity index (χ2v) is 2.92. The van der Waals surface area contributed by atoms with Crippen molar-refractivity contribution < 1.29 is 14.3 Å². The van der Waals surface area contributed by atoms with Gasteiger partial charge in [-0.2, -0.15) is 0 Å². The van der Waals surface area contributed by atoms with E-state index in [4.69, 9.17) is 9.52 Å². The number of rotatable bonds is 2. The lowest BCUT2D eigenvalue weighted by molar-refractivity contribution is -0.129. The lowest BCUT2D eigenvalue weighted by atomic mass is 10.2. The van der Waals surface area contributed by atoms with Gasteiger partial charge in [-0.1, -0.05) is 12.2 Å². The van der Waals surface area contributed by atoms with Crippen molar-refractivity contribution in [1.29, 1.82) is 0 Å². The summed E-state index contributed by atoms with van der Waals surface area (Å²) in [6.45, 7) is 1.77. The highest BCUT2D eigenvalue weighted by atomic mass is 32.1. The molecule has 5 heteroatoms. The van der Waals surface area contributed by atoms with Gasteiger partial charge >= 0.3 is 5.97 Å². The fourth-order valence-corrected chi connectivity index (χ4v) is 1.04. The van der Waals surface area contributed by atoms with Crippen LogP contribution >= 0.6 is 12.2 Å². The molecule has 0 bridgehead atoms. The molecule has 1 aromatic rings. The van der Waals surface area contributed by atoms with Gasteiger partial charge in [0.05, 0.1) is 12.3 Å². The molecule has 13 heavy (non-hydrogen) atoms. The van der Waals surface area contributed by atoms with Crippen molar-refractivity contribution in [3.63, 3.8) is 0 Å². The molecule has 2 N–H and O–H groups in total. The van der Waals surface area contributed by atoms with Crippen molar-refractivity contribution in [2.24, 2.45) is 0 Å². The Kier molecular flexibility index (Phi) is 3.02. The van der Waals surface area contributed by atoms with Crippen molar-refractivity contribution >= 4 is 23.2 Å². The third-order valence-corrected chi connectivity index (χ3v) is 1.80. The van der Waals surface area contributed by atoms with Gasteiger partial charge in [-0.25, -0.2) is 4.79 Å². The summed E-state index contributed by atoms with van der Waals surface area (Å²) in [4.78, 5) is 10.2. The van der Waals surface area contributed by atoms with Crippen molar-refractivity contribution in [3.05, 3.63) is 24.2 Å². The molecule has 0 aliphatic carbocycles. The maximum Gasteiger partial charge on any atom is 0.363 e. The van der Waals surface area contributed by atoms with E-state index in [9.17, 15) is 4.79 Å². The van der Waals surface area contributed by atoms with Crippen LogP contribution in [0.5, 0.6) is 0 Å². The minimum atomic E-state index is -1.13. The van der Waals surface area contributed by atoms with E-state index in [1.54, 1.807) is 19.1 Å². The molecule has 0 radical (unpaired) electrons. The molecule has 4 nitrogen and oxygen atoms in total. The maximum atomic E-state index is 10.4. The van der Waals surface area contributed by atoms with Crippen LogP contribution < -0.4 is 5.32 Å². The fourth-order valence-electron chi connectivity index (χ4n) is 0.867. The van der Waals surface area contributed by atoms with E-state index < -0.39 is 5.97 Å². The van der Waals surface area contributed by atoms with E-state index in [0.717, 1.165) is 0 Å². The van der Waals surface area contributed by atoms with Gasteiger partial charge < -0.3 is 14.8 Å². The highest BCUT2D eigenvalue weighted by Crippen LogP contribution is 2.11. The molecule has 1 rings (SSSR count). The lowest BCUT2D eigenvalue weighted by Gasteiger charge is -2.10. The minimum Gasteiger partial charge on any atom is -0.476 e. The van der Waals surface area contributed by atoms with Crippen LogP contribution in [0.25, 0.3) is 0 Å². The molecule has 1 atom stereocenters. The summed E-state index contributed by atoms with van der Waals surface area (Å²) in [7, 11) is 0. The van der Waals surface area contributed by atoms with Gasteiger partial charge in [0.1, 0.15) is 5.76 Å². The summed E-state index contributed by atoms with van der Waals surface area (Å²) >= 11 is 4.58. The molecular weight excluding hydrogens is 190 g/mol. The first-order valence-electron chi connectivity index (χ1n) is 3.68. The Morgan fingerprint density at radius 2 is 2.46 bits per heavy atom. The Bertz CT molecular complexity index is 307. The molecule has 0 amide bonds. The second kappa shape index (κ2) is 4.04. The number of carboxylic acids is 1. The van der Waals surface area contributed by atoms with Crippen molar-refractivity contribution in [1.82, 2.24) is 5.32 Å². The van der Waals surface area contributed by atoms with E-state index >= 15 is 0 Å². The predicted molar refractivity (Wildman–Crippen MR) is 50.5 cm³/mol. The van der Waals surface area contributed by atoms with Crippen molar-refractivity contribution in [2.45, 2.75) is 13.0 Å². The summed E-state index contributed by atoms with van der Waals surface area (Å²) in [5, 5.41) is 11.1. The van der Waals surface area contributed by atoms with Gasteiger partial charge in [0.25, 0.3) is 0 Å². The smallest absolute Gasteiger partial charge is 0.363 e. The topological polar surface area (TPSA) is 62.5 Å². The van der Waals surface area contributed by atoms with Gasteiger partial charge in [-0.05, 0) is 19.1 Å². The van der Waals surface area contributed by atoms with Gasteiger partial charge in [0, 0.05) is 0 Å². The van der Waals surface area contributed by atoms with Crippen LogP contribution in [0.1, 0.15) is 18.7 Å². The van der Waals surface area contributed by atoms with E-state index in [1.807, 2.05) is 0 Å². The van der Waals surface area contributed by atoms with Crippen LogP contribution in [0.15, 0.2) is 22.8 Å². The monoisotopic (exact) mass is 199 g/mol. The number of hydrogen-bond acceptors (Lipinski definition) is 3. The van der Waals surface area contributed by atoms with Crippen LogP contribution in [0.4, 0.5) is 0 Å². The molecule has 0 aliphatic heterocycles. The van der Waals surface area contributed by atoms with Crippen molar-refractivity contribution in [2.75, 3.05) is 0 Å². The van der Waals surface area contributed by atoms with Gasteiger partial charge in [-0.15, -0.1) is 0 Å². The third kappa shape index (κ3) is 2.55. The molecular formula is C8H9NO3S. The predicted octanol–water partition coefficient (Wildman–Crippen LogP) is 1.34. The number of furan rings is 1. The largest absolute Gasteiger partial charge is 0.476 e. The number of aliphatic carboxylic acids is 1. The normalized spacial score (nSPS) is 12.1. The number of carbonyl (C=O) groups is 1.